The van der Waals surface area contributed by atoms with E-state index in [0.29, 0.717) is 6.54 Å². The smallest absolute Gasteiger partial charge is 0.0695 e. The van der Waals surface area contributed by atoms with Crippen molar-refractivity contribution in [3.8, 4) is 0 Å². The molecule has 1 unspecified atom stereocenters. The number of nitrogens with one attached hydrogen (secondary N) is 2. The van der Waals surface area contributed by atoms with Gasteiger partial charge < -0.3 is 10.4 Å². The zero-order valence-corrected chi connectivity index (χ0v) is 8.70. The summed E-state index contributed by atoms with van der Waals surface area (Å²) in [4.78, 5) is 0. The lowest BCUT2D eigenvalue weighted by molar-refractivity contribution is 0.191. The van der Waals surface area contributed by atoms with Crippen molar-refractivity contribution in [3.05, 3.63) is 30.0 Å². The molecule has 1 aromatic heterocycles. The van der Waals surface area contributed by atoms with E-state index in [9.17, 15) is 0 Å². The molecule has 0 fully saturated rings. The molecule has 0 saturated carbocycles. The summed E-state index contributed by atoms with van der Waals surface area (Å²) >= 11 is 0. The Bertz CT molecular complexity index is 436. The van der Waals surface area contributed by atoms with Crippen molar-refractivity contribution < 1.29 is 5.11 Å². The van der Waals surface area contributed by atoms with Crippen LogP contribution < -0.4 is 5.32 Å². The molecular weight excluding hydrogens is 190 g/mol. The van der Waals surface area contributed by atoms with Crippen molar-refractivity contribution in [2.24, 2.45) is 0 Å². The Morgan fingerprint density at radius 1 is 1.53 bits per heavy atom. The van der Waals surface area contributed by atoms with Gasteiger partial charge in [0.15, 0.2) is 0 Å². The number of aliphatic hydroxyl groups is 1. The van der Waals surface area contributed by atoms with Gasteiger partial charge in [-0.25, -0.2) is 0 Å². The van der Waals surface area contributed by atoms with Gasteiger partial charge in [-0.2, -0.15) is 5.10 Å². The second-order valence-electron chi connectivity index (χ2n) is 3.73. The third kappa shape index (κ3) is 2.34. The van der Waals surface area contributed by atoms with Crippen LogP contribution in [0, 0.1) is 0 Å². The molecule has 4 nitrogen and oxygen atoms in total. The van der Waals surface area contributed by atoms with Crippen LogP contribution in [0.4, 0.5) is 0 Å². The Labute approximate surface area is 88.3 Å². The minimum Gasteiger partial charge on any atom is -0.392 e. The Morgan fingerprint density at radius 2 is 2.40 bits per heavy atom. The fourth-order valence-corrected chi connectivity index (χ4v) is 1.59. The van der Waals surface area contributed by atoms with Crippen LogP contribution in [0.25, 0.3) is 10.9 Å². The Balaban J connectivity index is 2.10. The van der Waals surface area contributed by atoms with E-state index >= 15 is 0 Å². The summed E-state index contributed by atoms with van der Waals surface area (Å²) in [7, 11) is 0. The molecule has 0 aliphatic rings. The number of hydrogen-bond acceptors (Lipinski definition) is 3. The van der Waals surface area contributed by atoms with E-state index in [0.717, 1.165) is 17.4 Å². The first-order valence-electron chi connectivity index (χ1n) is 5.07. The molecule has 1 atom stereocenters. The van der Waals surface area contributed by atoms with E-state index < -0.39 is 0 Å². The first-order valence-corrected chi connectivity index (χ1v) is 5.07. The summed E-state index contributed by atoms with van der Waals surface area (Å²) in [6.07, 6.45) is 1.50. The van der Waals surface area contributed by atoms with E-state index in [4.69, 9.17) is 5.11 Å². The predicted molar refractivity (Wildman–Crippen MR) is 59.5 cm³/mol. The lowest BCUT2D eigenvalue weighted by Gasteiger charge is -2.07. The van der Waals surface area contributed by atoms with Crippen molar-refractivity contribution in [1.29, 1.82) is 0 Å². The maximum absolute atomic E-state index is 9.12. The standard InChI is InChI=1S/C11H15N3O/c1-8(15)5-12-6-9-3-2-4-10-7-13-14-11(9)10/h2-4,7-8,12,15H,5-6H2,1H3,(H,13,14). The van der Waals surface area contributed by atoms with E-state index in [-0.39, 0.29) is 6.10 Å². The Morgan fingerprint density at radius 3 is 3.20 bits per heavy atom. The molecule has 80 valence electrons. The van der Waals surface area contributed by atoms with Crippen LogP contribution in [0.3, 0.4) is 0 Å². The molecule has 0 spiro atoms. The number of nitrogens with zero attached hydrogens (tertiary/aromatic N) is 1. The van der Waals surface area contributed by atoms with Crippen LogP contribution in [0.1, 0.15) is 12.5 Å². The highest BCUT2D eigenvalue weighted by molar-refractivity contribution is 5.81. The summed E-state index contributed by atoms with van der Waals surface area (Å²) in [5.41, 5.74) is 2.24. The number of H-pyrrole nitrogens is 1. The minimum atomic E-state index is -0.314. The van der Waals surface area contributed by atoms with Gasteiger partial charge in [0.25, 0.3) is 0 Å². The fourth-order valence-electron chi connectivity index (χ4n) is 1.59. The summed E-state index contributed by atoms with van der Waals surface area (Å²) < 4.78 is 0. The van der Waals surface area contributed by atoms with Gasteiger partial charge in [-0.05, 0) is 12.5 Å². The van der Waals surface area contributed by atoms with Crippen molar-refractivity contribution in [2.45, 2.75) is 19.6 Å². The van der Waals surface area contributed by atoms with Crippen molar-refractivity contribution in [3.63, 3.8) is 0 Å². The van der Waals surface area contributed by atoms with Crippen molar-refractivity contribution >= 4 is 10.9 Å². The SMILES string of the molecule is CC(O)CNCc1cccc2cn[nH]c12. The van der Waals surface area contributed by atoms with E-state index in [2.05, 4.69) is 21.6 Å². The quantitative estimate of drug-likeness (QED) is 0.698. The van der Waals surface area contributed by atoms with Crippen LogP contribution in [-0.2, 0) is 6.54 Å². The van der Waals surface area contributed by atoms with Gasteiger partial charge in [0.1, 0.15) is 0 Å². The van der Waals surface area contributed by atoms with Crippen LogP contribution in [0.2, 0.25) is 0 Å². The molecule has 2 aromatic rings. The largest absolute Gasteiger partial charge is 0.392 e. The zero-order chi connectivity index (χ0) is 10.7. The second-order valence-corrected chi connectivity index (χ2v) is 3.73. The van der Waals surface area contributed by atoms with E-state index in [1.54, 1.807) is 6.92 Å². The highest BCUT2D eigenvalue weighted by Gasteiger charge is 2.02. The number of rotatable bonds is 4. The van der Waals surface area contributed by atoms with E-state index in [1.165, 1.54) is 5.56 Å². The molecule has 0 aliphatic heterocycles. The summed E-state index contributed by atoms with van der Waals surface area (Å²) in [5, 5.41) is 20.4. The maximum atomic E-state index is 9.12. The molecule has 0 saturated heterocycles. The normalized spacial score (nSPS) is 13.2. The average Bonchev–Trinajstić information content (AvgIpc) is 2.65. The minimum absolute atomic E-state index is 0.314. The predicted octanol–water partition coefficient (Wildman–Crippen LogP) is 1.03. The monoisotopic (exact) mass is 205 g/mol. The highest BCUT2D eigenvalue weighted by atomic mass is 16.3. The molecule has 1 heterocycles. The Kier molecular flexibility index (Phi) is 2.99. The molecule has 0 amide bonds. The molecule has 0 radical (unpaired) electrons. The number of aromatic amines is 1. The van der Waals surface area contributed by atoms with Gasteiger partial charge in [0.05, 0.1) is 17.8 Å². The van der Waals surface area contributed by atoms with Crippen molar-refractivity contribution in [1.82, 2.24) is 15.5 Å². The van der Waals surface area contributed by atoms with Crippen molar-refractivity contribution in [2.75, 3.05) is 6.54 Å². The third-order valence-electron chi connectivity index (χ3n) is 2.32. The molecule has 4 heteroatoms. The van der Waals surface area contributed by atoms with E-state index in [1.807, 2.05) is 18.3 Å². The topological polar surface area (TPSA) is 60.9 Å². The van der Waals surface area contributed by atoms with Gasteiger partial charge in [0.2, 0.25) is 0 Å². The van der Waals surface area contributed by atoms with Gasteiger partial charge in [0, 0.05) is 18.5 Å². The number of hydrogen-bond donors (Lipinski definition) is 3. The number of para-hydroxylation sites is 1. The molecule has 2 rings (SSSR count). The van der Waals surface area contributed by atoms with Crippen LogP contribution in [0.15, 0.2) is 24.4 Å². The lowest BCUT2D eigenvalue weighted by Crippen LogP contribution is -2.23. The number of aliphatic hydroxyl groups excluding tert-OH is 1. The van der Waals surface area contributed by atoms with Crippen LogP contribution >= 0.6 is 0 Å². The summed E-state index contributed by atoms with van der Waals surface area (Å²) in [6.45, 7) is 3.11. The first-order chi connectivity index (χ1) is 7.27. The highest BCUT2D eigenvalue weighted by Crippen LogP contribution is 2.14. The maximum Gasteiger partial charge on any atom is 0.0695 e. The average molecular weight is 205 g/mol. The second kappa shape index (κ2) is 4.42. The first kappa shape index (κ1) is 10.1. The molecule has 15 heavy (non-hydrogen) atoms. The number of aromatic nitrogens is 2. The fraction of sp³-hybridized carbons (Fsp3) is 0.364. The molecule has 1 aromatic carbocycles. The molecule has 3 N–H and O–H groups in total. The van der Waals surface area contributed by atoms with Gasteiger partial charge >= 0.3 is 0 Å². The van der Waals surface area contributed by atoms with Gasteiger partial charge in [-0.3, -0.25) is 5.10 Å². The number of benzene rings is 1. The Hall–Kier alpha value is -1.39. The lowest BCUT2D eigenvalue weighted by atomic mass is 10.1. The molecular formula is C11H15N3O. The summed E-state index contributed by atoms with van der Waals surface area (Å²) in [5.74, 6) is 0. The zero-order valence-electron chi connectivity index (χ0n) is 8.70. The number of fused-ring (bicyclic) bond motifs is 1. The summed E-state index contributed by atoms with van der Waals surface area (Å²) in [6, 6.07) is 6.09. The van der Waals surface area contributed by atoms with Crippen LogP contribution in [-0.4, -0.2) is 28.0 Å². The third-order valence-corrected chi connectivity index (χ3v) is 2.32. The molecule has 0 bridgehead atoms. The van der Waals surface area contributed by atoms with Gasteiger partial charge in [-0.15, -0.1) is 0 Å². The van der Waals surface area contributed by atoms with Gasteiger partial charge in [-0.1, -0.05) is 18.2 Å². The molecule has 0 aliphatic carbocycles. The van der Waals surface area contributed by atoms with Crippen LogP contribution in [0.5, 0.6) is 0 Å².